The molecule has 1 aromatic carbocycles. The highest BCUT2D eigenvalue weighted by Crippen LogP contribution is 2.14. The Hall–Kier alpha value is -1.83. The predicted octanol–water partition coefficient (Wildman–Crippen LogP) is 1.67. The van der Waals surface area contributed by atoms with Crippen LogP contribution in [0.3, 0.4) is 0 Å². The van der Waals surface area contributed by atoms with Crippen molar-refractivity contribution in [2.75, 3.05) is 18.5 Å². The molecular formula is C15H20N2O2. The molecule has 0 unspecified atom stereocenters. The molecule has 1 amide bonds. The molecule has 19 heavy (non-hydrogen) atoms. The number of aryl methyl sites for hydroxylation is 1. The van der Waals surface area contributed by atoms with Crippen molar-refractivity contribution in [1.29, 1.82) is 0 Å². The summed E-state index contributed by atoms with van der Waals surface area (Å²) in [5, 5.41) is 2.78. The number of amides is 1. The van der Waals surface area contributed by atoms with Gasteiger partial charge in [0.05, 0.1) is 12.6 Å². The Morgan fingerprint density at radius 1 is 1.47 bits per heavy atom. The van der Waals surface area contributed by atoms with Crippen LogP contribution in [0.2, 0.25) is 0 Å². The number of rotatable bonds is 4. The first-order valence-electron chi connectivity index (χ1n) is 6.24. The molecule has 0 spiro atoms. The van der Waals surface area contributed by atoms with E-state index in [0.717, 1.165) is 11.1 Å². The molecule has 0 saturated carbocycles. The highest BCUT2D eigenvalue weighted by molar-refractivity contribution is 5.91. The van der Waals surface area contributed by atoms with Crippen LogP contribution >= 0.6 is 0 Å². The fraction of sp³-hybridized carbons (Fsp3) is 0.400. The summed E-state index contributed by atoms with van der Waals surface area (Å²) in [5.41, 5.74) is 7.99. The van der Waals surface area contributed by atoms with Gasteiger partial charge in [0.25, 0.3) is 0 Å². The van der Waals surface area contributed by atoms with E-state index < -0.39 is 0 Å². The minimum absolute atomic E-state index is 0.0368. The third kappa shape index (κ3) is 5.56. The molecule has 0 bridgehead atoms. The fourth-order valence-corrected chi connectivity index (χ4v) is 1.42. The minimum Gasteiger partial charge on any atom is -0.369 e. The third-order valence-corrected chi connectivity index (χ3v) is 2.39. The van der Waals surface area contributed by atoms with Gasteiger partial charge in [-0.2, -0.15) is 0 Å². The zero-order valence-corrected chi connectivity index (χ0v) is 11.6. The SMILES string of the molecule is Cc1ccc(NC(=O)COC(C)C)cc1C#CCN. The highest BCUT2D eigenvalue weighted by Gasteiger charge is 2.05. The summed E-state index contributed by atoms with van der Waals surface area (Å²) >= 11 is 0. The molecule has 0 aliphatic rings. The second-order valence-corrected chi connectivity index (χ2v) is 4.44. The van der Waals surface area contributed by atoms with Crippen LogP contribution in [0.4, 0.5) is 5.69 Å². The van der Waals surface area contributed by atoms with E-state index in [2.05, 4.69) is 17.2 Å². The normalized spacial score (nSPS) is 9.95. The van der Waals surface area contributed by atoms with Crippen molar-refractivity contribution in [2.45, 2.75) is 26.9 Å². The van der Waals surface area contributed by atoms with E-state index in [1.165, 1.54) is 0 Å². The molecule has 102 valence electrons. The monoisotopic (exact) mass is 260 g/mol. The quantitative estimate of drug-likeness (QED) is 0.809. The van der Waals surface area contributed by atoms with Gasteiger partial charge in [0, 0.05) is 11.3 Å². The van der Waals surface area contributed by atoms with Gasteiger partial charge in [0.15, 0.2) is 0 Å². The van der Waals surface area contributed by atoms with E-state index in [0.29, 0.717) is 12.2 Å². The van der Waals surface area contributed by atoms with Crippen molar-refractivity contribution in [3.05, 3.63) is 29.3 Å². The molecule has 0 heterocycles. The molecule has 0 radical (unpaired) electrons. The van der Waals surface area contributed by atoms with Crippen LogP contribution in [0.25, 0.3) is 0 Å². The summed E-state index contributed by atoms with van der Waals surface area (Å²) in [4.78, 5) is 11.6. The van der Waals surface area contributed by atoms with Gasteiger partial charge in [0.2, 0.25) is 5.91 Å². The summed E-state index contributed by atoms with van der Waals surface area (Å²) in [6.45, 7) is 6.11. The van der Waals surface area contributed by atoms with Crippen molar-refractivity contribution < 1.29 is 9.53 Å². The van der Waals surface area contributed by atoms with Crippen LogP contribution in [0.5, 0.6) is 0 Å². The number of nitrogens with one attached hydrogen (secondary N) is 1. The first-order valence-corrected chi connectivity index (χ1v) is 6.24. The molecule has 0 atom stereocenters. The molecule has 4 heteroatoms. The van der Waals surface area contributed by atoms with Gasteiger partial charge >= 0.3 is 0 Å². The number of carbonyl (C=O) groups is 1. The lowest BCUT2D eigenvalue weighted by Crippen LogP contribution is -2.20. The minimum atomic E-state index is -0.171. The zero-order chi connectivity index (χ0) is 14.3. The molecule has 0 aliphatic heterocycles. The average molecular weight is 260 g/mol. The number of anilines is 1. The summed E-state index contributed by atoms with van der Waals surface area (Å²) < 4.78 is 5.24. The lowest BCUT2D eigenvalue weighted by Gasteiger charge is -2.09. The maximum absolute atomic E-state index is 11.6. The number of ether oxygens (including phenoxy) is 1. The Balaban J connectivity index is 2.71. The molecule has 3 N–H and O–H groups in total. The van der Waals surface area contributed by atoms with Crippen LogP contribution in [0.15, 0.2) is 18.2 Å². The van der Waals surface area contributed by atoms with Crippen molar-refractivity contribution >= 4 is 11.6 Å². The molecular weight excluding hydrogens is 240 g/mol. The molecule has 1 rings (SSSR count). The second kappa shape index (κ2) is 7.57. The average Bonchev–Trinajstić information content (AvgIpc) is 2.37. The van der Waals surface area contributed by atoms with Crippen molar-refractivity contribution in [3.63, 3.8) is 0 Å². The first kappa shape index (κ1) is 15.2. The Labute approximate surface area is 114 Å². The van der Waals surface area contributed by atoms with Gasteiger partial charge in [0.1, 0.15) is 6.61 Å². The van der Waals surface area contributed by atoms with Gasteiger partial charge < -0.3 is 15.8 Å². The smallest absolute Gasteiger partial charge is 0.250 e. The Morgan fingerprint density at radius 2 is 2.21 bits per heavy atom. The number of benzene rings is 1. The Morgan fingerprint density at radius 3 is 2.84 bits per heavy atom. The van der Waals surface area contributed by atoms with Crippen LogP contribution in [0, 0.1) is 18.8 Å². The summed E-state index contributed by atoms with van der Waals surface area (Å²) in [6, 6.07) is 5.60. The van der Waals surface area contributed by atoms with E-state index >= 15 is 0 Å². The molecule has 1 aromatic rings. The Kier molecular flexibility index (Phi) is 6.07. The number of nitrogens with two attached hydrogens (primary N) is 1. The largest absolute Gasteiger partial charge is 0.369 e. The fourth-order valence-electron chi connectivity index (χ4n) is 1.42. The standard InChI is InChI=1S/C15H20N2O2/c1-11(2)19-10-15(18)17-14-7-6-12(3)13(9-14)5-4-8-16/h6-7,9,11H,8,10,16H2,1-3H3,(H,17,18). The maximum atomic E-state index is 11.6. The number of hydrogen-bond donors (Lipinski definition) is 2. The van der Waals surface area contributed by atoms with Crippen LogP contribution in [0.1, 0.15) is 25.0 Å². The summed E-state index contributed by atoms with van der Waals surface area (Å²) in [5.74, 6) is 5.61. The highest BCUT2D eigenvalue weighted by atomic mass is 16.5. The van der Waals surface area contributed by atoms with Crippen LogP contribution < -0.4 is 11.1 Å². The molecule has 0 fully saturated rings. The lowest BCUT2D eigenvalue weighted by molar-refractivity contribution is -0.121. The van der Waals surface area contributed by atoms with Crippen molar-refractivity contribution in [2.24, 2.45) is 5.73 Å². The zero-order valence-electron chi connectivity index (χ0n) is 11.6. The summed E-state index contributed by atoms with van der Waals surface area (Å²) in [6.07, 6.45) is 0.0368. The lowest BCUT2D eigenvalue weighted by atomic mass is 10.1. The van der Waals surface area contributed by atoms with E-state index in [-0.39, 0.29) is 18.6 Å². The molecule has 0 aliphatic carbocycles. The maximum Gasteiger partial charge on any atom is 0.250 e. The van der Waals surface area contributed by atoms with Crippen molar-refractivity contribution in [3.8, 4) is 11.8 Å². The van der Waals surface area contributed by atoms with Gasteiger partial charge in [-0.1, -0.05) is 17.9 Å². The molecule has 0 saturated heterocycles. The second-order valence-electron chi connectivity index (χ2n) is 4.44. The van der Waals surface area contributed by atoms with Crippen LogP contribution in [-0.2, 0) is 9.53 Å². The van der Waals surface area contributed by atoms with Gasteiger partial charge in [-0.05, 0) is 38.5 Å². The predicted molar refractivity (Wildman–Crippen MR) is 76.8 cm³/mol. The molecule has 0 aromatic heterocycles. The third-order valence-electron chi connectivity index (χ3n) is 2.39. The van der Waals surface area contributed by atoms with E-state index in [4.69, 9.17) is 10.5 Å². The van der Waals surface area contributed by atoms with E-state index in [9.17, 15) is 4.79 Å². The topological polar surface area (TPSA) is 64.3 Å². The van der Waals surface area contributed by atoms with E-state index in [1.807, 2.05) is 39.0 Å². The summed E-state index contributed by atoms with van der Waals surface area (Å²) in [7, 11) is 0. The van der Waals surface area contributed by atoms with Gasteiger partial charge in [-0.15, -0.1) is 0 Å². The first-order chi connectivity index (χ1) is 9.02. The molecule has 4 nitrogen and oxygen atoms in total. The number of carbonyl (C=O) groups excluding carboxylic acids is 1. The number of hydrogen-bond acceptors (Lipinski definition) is 3. The van der Waals surface area contributed by atoms with E-state index in [1.54, 1.807) is 0 Å². The Bertz CT molecular complexity index is 499. The van der Waals surface area contributed by atoms with Gasteiger partial charge in [-0.3, -0.25) is 4.79 Å². The van der Waals surface area contributed by atoms with Crippen molar-refractivity contribution in [1.82, 2.24) is 0 Å². The van der Waals surface area contributed by atoms with Gasteiger partial charge in [-0.25, -0.2) is 0 Å². The van der Waals surface area contributed by atoms with Crippen LogP contribution in [-0.4, -0.2) is 25.2 Å².